The highest BCUT2D eigenvalue weighted by Crippen LogP contribution is 2.48. The Morgan fingerprint density at radius 1 is 1.05 bits per heavy atom. The number of phenols is 2. The summed E-state index contributed by atoms with van der Waals surface area (Å²) in [4.78, 5) is 44.3. The number of carbonyl (C=O) groups is 3. The van der Waals surface area contributed by atoms with E-state index in [0.717, 1.165) is 5.03 Å². The first-order chi connectivity index (χ1) is 19.0. The number of carbonyl (C=O) groups excluding carboxylic acids is 3. The fourth-order valence-corrected chi connectivity index (χ4v) is 7.14. The summed E-state index contributed by atoms with van der Waals surface area (Å²) in [5, 5.41) is 37.4. The second-order valence-electron chi connectivity index (χ2n) is 10.4. The maximum Gasteiger partial charge on any atom is 0.252 e. The van der Waals surface area contributed by atoms with Crippen LogP contribution < -0.4 is 10.1 Å². The van der Waals surface area contributed by atoms with Gasteiger partial charge in [-0.15, -0.1) is 0 Å². The van der Waals surface area contributed by atoms with Crippen molar-refractivity contribution in [3.8, 4) is 17.2 Å². The normalized spacial score (nSPS) is 18.0. The molecule has 208 valence electrons. The van der Waals surface area contributed by atoms with Crippen LogP contribution in [0.1, 0.15) is 63.2 Å². The minimum atomic E-state index is -1.89. The number of pyridine rings is 1. The van der Waals surface area contributed by atoms with E-state index in [0.29, 0.717) is 0 Å². The number of aromatic nitrogens is 1. The Kier molecular flexibility index (Phi) is 7.32. The van der Waals surface area contributed by atoms with Crippen LogP contribution in [-0.2, 0) is 17.6 Å². The predicted molar refractivity (Wildman–Crippen MR) is 151 cm³/mol. The first-order valence-corrected chi connectivity index (χ1v) is 14.8. The van der Waals surface area contributed by atoms with Crippen molar-refractivity contribution in [1.82, 2.24) is 10.3 Å². The van der Waals surface area contributed by atoms with Crippen molar-refractivity contribution in [2.45, 2.75) is 48.5 Å². The number of ether oxygens (including phenoxy) is 1. The second-order valence-corrected chi connectivity index (χ2v) is 13.3. The number of hydrogen-bond acceptors (Lipinski definition) is 10. The fraction of sp³-hybridized carbons (Fsp3) is 0.310. The van der Waals surface area contributed by atoms with Gasteiger partial charge in [-0.2, -0.15) is 0 Å². The Hall–Kier alpha value is -3.54. The maximum atomic E-state index is 13.4. The molecule has 3 aromatic rings. The smallest absolute Gasteiger partial charge is 0.252 e. The number of benzene rings is 2. The van der Waals surface area contributed by atoms with E-state index in [1.54, 1.807) is 18.3 Å². The number of rotatable bonds is 7. The van der Waals surface area contributed by atoms with Crippen LogP contribution in [0.25, 0.3) is 0 Å². The van der Waals surface area contributed by atoms with Crippen molar-refractivity contribution in [1.29, 1.82) is 0 Å². The summed E-state index contributed by atoms with van der Waals surface area (Å²) in [5.74, 6) is -2.67. The summed E-state index contributed by atoms with van der Waals surface area (Å²) >= 11 is 0. The zero-order valence-electron chi connectivity index (χ0n) is 22.1. The van der Waals surface area contributed by atoms with Crippen LogP contribution in [-0.4, -0.2) is 61.8 Å². The van der Waals surface area contributed by atoms with E-state index in [9.17, 15) is 29.7 Å². The van der Waals surface area contributed by atoms with Gasteiger partial charge in [0.15, 0.2) is 5.78 Å². The number of nitrogens with zero attached hydrogens (tertiary/aromatic N) is 1. The molecule has 1 aromatic heterocycles. The maximum absolute atomic E-state index is 13.4. The Labute approximate surface area is 238 Å². The molecule has 11 heteroatoms. The molecule has 0 radical (unpaired) electrons. The molecule has 1 amide bonds. The largest absolute Gasteiger partial charge is 0.507 e. The molecular formula is C29H28N2O7S2. The highest BCUT2D eigenvalue weighted by molar-refractivity contribution is 8.77. The van der Waals surface area contributed by atoms with Gasteiger partial charge in [-0.1, -0.05) is 29.0 Å². The number of amides is 1. The van der Waals surface area contributed by atoms with E-state index in [1.807, 2.05) is 32.0 Å². The molecule has 2 aliphatic rings. The van der Waals surface area contributed by atoms with Crippen molar-refractivity contribution in [2.75, 3.05) is 13.7 Å². The number of nitrogens with one attached hydrogen (secondary N) is 1. The van der Waals surface area contributed by atoms with E-state index in [-0.39, 0.29) is 64.9 Å². The van der Waals surface area contributed by atoms with Crippen molar-refractivity contribution in [3.63, 3.8) is 0 Å². The molecule has 1 atom stereocenters. The molecule has 5 rings (SSSR count). The highest BCUT2D eigenvalue weighted by Gasteiger charge is 2.45. The topological polar surface area (TPSA) is 146 Å². The molecular weight excluding hydrogens is 552 g/mol. The van der Waals surface area contributed by atoms with Crippen LogP contribution in [0.5, 0.6) is 17.2 Å². The lowest BCUT2D eigenvalue weighted by atomic mass is 9.74. The zero-order chi connectivity index (χ0) is 28.8. The van der Waals surface area contributed by atoms with E-state index < -0.39 is 39.3 Å². The molecule has 2 aromatic carbocycles. The first-order valence-electron chi connectivity index (χ1n) is 12.6. The minimum Gasteiger partial charge on any atom is -0.507 e. The standard InChI is InChI=1S/C29H28N2O7S2/c1-28(2,40-39-19-9-4-5-12-30-19)14-31-27(36)29(37)11-10-15-17(13-29)25(34)21-22(23(15)32)26(35)20-16(24(21)33)7-6-8-18(20)38-3/h4-9,12,32,34,37H,10-11,13-14H2,1-3H3,(H,31,36)/t29-/m1/s1. The molecule has 4 N–H and O–H groups in total. The average molecular weight is 581 g/mol. The van der Waals surface area contributed by atoms with Gasteiger partial charge in [0.2, 0.25) is 5.78 Å². The van der Waals surface area contributed by atoms with Crippen LogP contribution in [0.15, 0.2) is 47.6 Å². The molecule has 0 spiro atoms. The Bertz CT molecular complexity index is 1540. The van der Waals surface area contributed by atoms with Gasteiger partial charge in [0.25, 0.3) is 5.91 Å². The van der Waals surface area contributed by atoms with Crippen LogP contribution in [0, 0.1) is 0 Å². The van der Waals surface area contributed by atoms with Crippen molar-refractivity contribution in [2.24, 2.45) is 0 Å². The van der Waals surface area contributed by atoms with Gasteiger partial charge >= 0.3 is 0 Å². The van der Waals surface area contributed by atoms with Gasteiger partial charge in [-0.3, -0.25) is 14.4 Å². The van der Waals surface area contributed by atoms with Gasteiger partial charge in [-0.25, -0.2) is 4.98 Å². The zero-order valence-corrected chi connectivity index (χ0v) is 23.7. The molecule has 0 aliphatic heterocycles. The minimum absolute atomic E-state index is 0.0137. The molecule has 2 aliphatic carbocycles. The lowest BCUT2D eigenvalue weighted by Crippen LogP contribution is -2.52. The molecule has 1 heterocycles. The quantitative estimate of drug-likeness (QED) is 0.188. The van der Waals surface area contributed by atoms with Crippen molar-refractivity contribution < 1.29 is 34.4 Å². The predicted octanol–water partition coefficient (Wildman–Crippen LogP) is 3.83. The molecule has 9 nitrogen and oxygen atoms in total. The van der Waals surface area contributed by atoms with E-state index in [1.165, 1.54) is 34.8 Å². The fourth-order valence-electron chi connectivity index (χ4n) is 5.06. The SMILES string of the molecule is COc1cccc2c1C(=O)c1c(O)c3c(c(O)c1C2=O)C[C@@](O)(C(=O)NCC(C)(C)SSc1ccccn1)CC3. The Balaban J connectivity index is 1.39. The van der Waals surface area contributed by atoms with Gasteiger partial charge in [0, 0.05) is 40.6 Å². The summed E-state index contributed by atoms with van der Waals surface area (Å²) in [5.41, 5.74) is -2.15. The third kappa shape index (κ3) is 4.82. The monoisotopic (exact) mass is 580 g/mol. The van der Waals surface area contributed by atoms with E-state index in [2.05, 4.69) is 10.3 Å². The van der Waals surface area contributed by atoms with Crippen molar-refractivity contribution >= 4 is 39.1 Å². The lowest BCUT2D eigenvalue weighted by molar-refractivity contribution is -0.141. The summed E-state index contributed by atoms with van der Waals surface area (Å²) < 4.78 is 4.87. The van der Waals surface area contributed by atoms with Crippen LogP contribution in [0.3, 0.4) is 0 Å². The molecule has 40 heavy (non-hydrogen) atoms. The van der Waals surface area contributed by atoms with Crippen LogP contribution in [0.2, 0.25) is 0 Å². The molecule has 0 saturated heterocycles. The summed E-state index contributed by atoms with van der Waals surface area (Å²) in [7, 11) is 4.39. The summed E-state index contributed by atoms with van der Waals surface area (Å²) in [6, 6.07) is 10.2. The number of hydrogen-bond donors (Lipinski definition) is 4. The molecule has 0 saturated carbocycles. The van der Waals surface area contributed by atoms with Crippen LogP contribution in [0.4, 0.5) is 0 Å². The number of aliphatic hydroxyl groups is 1. The van der Waals surface area contributed by atoms with Gasteiger partial charge in [-0.05, 0) is 55.7 Å². The van der Waals surface area contributed by atoms with Gasteiger partial charge < -0.3 is 25.4 Å². The molecule has 0 bridgehead atoms. The van der Waals surface area contributed by atoms with Crippen LogP contribution >= 0.6 is 21.6 Å². The van der Waals surface area contributed by atoms with Gasteiger partial charge in [0.05, 0.1) is 23.8 Å². The number of methoxy groups -OCH3 is 1. The number of fused-ring (bicyclic) bond motifs is 3. The third-order valence-corrected chi connectivity index (χ3v) is 10.4. The Morgan fingerprint density at radius 2 is 1.77 bits per heavy atom. The summed E-state index contributed by atoms with van der Waals surface area (Å²) in [6.45, 7) is 4.16. The molecule has 0 fully saturated rings. The average Bonchev–Trinajstić information content (AvgIpc) is 2.95. The number of phenolic OH excluding ortho intramolecular Hbond substituents is 2. The first kappa shape index (κ1) is 28.0. The number of aromatic hydroxyl groups is 2. The highest BCUT2D eigenvalue weighted by atomic mass is 33.1. The Morgan fingerprint density at radius 3 is 2.48 bits per heavy atom. The van der Waals surface area contributed by atoms with E-state index >= 15 is 0 Å². The number of ketones is 2. The van der Waals surface area contributed by atoms with E-state index in [4.69, 9.17) is 4.74 Å². The lowest BCUT2D eigenvalue weighted by Gasteiger charge is -2.35. The van der Waals surface area contributed by atoms with Crippen molar-refractivity contribution in [3.05, 3.63) is 76.0 Å². The van der Waals surface area contributed by atoms with Gasteiger partial charge in [0.1, 0.15) is 27.9 Å². The summed E-state index contributed by atoms with van der Waals surface area (Å²) in [6.07, 6.45) is 1.34. The third-order valence-electron chi connectivity index (χ3n) is 7.18. The second kappa shape index (κ2) is 10.5. The molecule has 0 unspecified atom stereocenters.